The third-order valence-electron chi connectivity index (χ3n) is 3.41. The van der Waals surface area contributed by atoms with Gasteiger partial charge in [-0.1, -0.05) is 39.0 Å². The van der Waals surface area contributed by atoms with Gasteiger partial charge in [0.05, 0.1) is 6.10 Å². The molecular weight excluding hydrogens is 288 g/mol. The van der Waals surface area contributed by atoms with Crippen molar-refractivity contribution in [2.75, 3.05) is 19.4 Å². The van der Waals surface area contributed by atoms with E-state index in [1.165, 1.54) is 0 Å². The van der Waals surface area contributed by atoms with Crippen molar-refractivity contribution in [3.63, 3.8) is 0 Å². The number of rotatable bonds is 6. The van der Waals surface area contributed by atoms with Crippen molar-refractivity contribution in [2.45, 2.75) is 39.7 Å². The van der Waals surface area contributed by atoms with Gasteiger partial charge in [0.15, 0.2) is 0 Å². The summed E-state index contributed by atoms with van der Waals surface area (Å²) in [6.45, 7) is 6.82. The van der Waals surface area contributed by atoms with Crippen LogP contribution in [-0.4, -0.2) is 25.7 Å². The summed E-state index contributed by atoms with van der Waals surface area (Å²) < 4.78 is 5.41. The van der Waals surface area contributed by atoms with Crippen molar-refractivity contribution in [2.24, 2.45) is 5.41 Å². The second-order valence-corrected chi connectivity index (χ2v) is 6.09. The molecular formula is C16H27ClN2O2. The maximum absolute atomic E-state index is 11.9. The molecule has 3 N–H and O–H groups in total. The van der Waals surface area contributed by atoms with Crippen LogP contribution < -0.4 is 11.1 Å². The number of carbonyl (C=O) groups is 1. The summed E-state index contributed by atoms with van der Waals surface area (Å²) in [6.07, 6.45) is 1.11. The van der Waals surface area contributed by atoms with E-state index < -0.39 is 0 Å². The molecule has 21 heavy (non-hydrogen) atoms. The molecule has 0 aliphatic rings. The lowest BCUT2D eigenvalue weighted by molar-refractivity contribution is -0.122. The highest BCUT2D eigenvalue weighted by molar-refractivity contribution is 5.85. The summed E-state index contributed by atoms with van der Waals surface area (Å²) in [5, 5.41) is 2.93. The molecule has 0 saturated carbocycles. The van der Waals surface area contributed by atoms with E-state index in [9.17, 15) is 4.79 Å². The van der Waals surface area contributed by atoms with Crippen LogP contribution in [0.2, 0.25) is 0 Å². The van der Waals surface area contributed by atoms with Crippen molar-refractivity contribution >= 4 is 24.0 Å². The molecule has 0 saturated heterocycles. The summed E-state index contributed by atoms with van der Waals surface area (Å²) >= 11 is 0. The summed E-state index contributed by atoms with van der Waals surface area (Å²) in [5.74, 6) is 0.0274. The van der Waals surface area contributed by atoms with Gasteiger partial charge in [0.25, 0.3) is 0 Å². The molecule has 1 aromatic rings. The Hall–Kier alpha value is -1.26. The first-order valence-electron chi connectivity index (χ1n) is 6.97. The van der Waals surface area contributed by atoms with Gasteiger partial charge in [0.1, 0.15) is 0 Å². The van der Waals surface area contributed by atoms with Crippen LogP contribution in [0.5, 0.6) is 0 Å². The van der Waals surface area contributed by atoms with Crippen molar-refractivity contribution < 1.29 is 9.53 Å². The van der Waals surface area contributed by atoms with Crippen molar-refractivity contribution in [3.8, 4) is 0 Å². The SMILES string of the molecule is COC(CNC(=O)CCc1ccccc1N)C(C)(C)C.Cl. The van der Waals surface area contributed by atoms with Gasteiger partial charge in [-0.25, -0.2) is 0 Å². The maximum Gasteiger partial charge on any atom is 0.220 e. The van der Waals surface area contributed by atoms with Gasteiger partial charge in [-0.05, 0) is 23.5 Å². The molecule has 0 aliphatic heterocycles. The summed E-state index contributed by atoms with van der Waals surface area (Å²) in [6, 6.07) is 7.64. The molecule has 0 radical (unpaired) electrons. The Morgan fingerprint density at radius 3 is 2.48 bits per heavy atom. The Labute approximate surface area is 133 Å². The Morgan fingerprint density at radius 2 is 1.95 bits per heavy atom. The molecule has 0 aliphatic carbocycles. The van der Waals surface area contributed by atoms with Crippen LogP contribution >= 0.6 is 12.4 Å². The summed E-state index contributed by atoms with van der Waals surface area (Å²) in [4.78, 5) is 11.9. The van der Waals surface area contributed by atoms with Gasteiger partial charge < -0.3 is 15.8 Å². The number of nitrogen functional groups attached to an aromatic ring is 1. The van der Waals surface area contributed by atoms with Gasteiger partial charge in [-0.3, -0.25) is 4.79 Å². The topological polar surface area (TPSA) is 64.3 Å². The molecule has 1 rings (SSSR count). The first-order chi connectivity index (χ1) is 9.34. The van der Waals surface area contributed by atoms with Crippen molar-refractivity contribution in [1.29, 1.82) is 0 Å². The number of para-hydroxylation sites is 1. The second-order valence-electron chi connectivity index (χ2n) is 6.09. The van der Waals surface area contributed by atoms with Crippen LogP contribution in [0.4, 0.5) is 5.69 Å². The van der Waals surface area contributed by atoms with Crippen LogP contribution in [0.1, 0.15) is 32.8 Å². The number of methoxy groups -OCH3 is 1. The molecule has 1 amide bonds. The highest BCUT2D eigenvalue weighted by Gasteiger charge is 2.24. The van der Waals surface area contributed by atoms with E-state index in [0.29, 0.717) is 19.4 Å². The molecule has 5 heteroatoms. The number of amides is 1. The summed E-state index contributed by atoms with van der Waals surface area (Å²) in [7, 11) is 1.67. The largest absolute Gasteiger partial charge is 0.399 e. The van der Waals surface area contributed by atoms with Crippen LogP contribution in [0, 0.1) is 5.41 Å². The Kier molecular flexibility index (Phi) is 8.37. The van der Waals surface area contributed by atoms with Crippen molar-refractivity contribution in [3.05, 3.63) is 29.8 Å². The molecule has 0 heterocycles. The zero-order chi connectivity index (χ0) is 15.2. The average molecular weight is 315 g/mol. The lowest BCUT2D eigenvalue weighted by atomic mass is 9.89. The van der Waals surface area contributed by atoms with Gasteiger partial charge in [-0.2, -0.15) is 0 Å². The monoisotopic (exact) mass is 314 g/mol. The van der Waals surface area contributed by atoms with E-state index in [4.69, 9.17) is 10.5 Å². The second kappa shape index (κ2) is 8.90. The minimum atomic E-state index is 0. The van der Waals surface area contributed by atoms with E-state index in [1.807, 2.05) is 24.3 Å². The smallest absolute Gasteiger partial charge is 0.220 e. The van der Waals surface area contributed by atoms with E-state index in [1.54, 1.807) is 7.11 Å². The van der Waals surface area contributed by atoms with Gasteiger partial charge in [0, 0.05) is 25.8 Å². The van der Waals surface area contributed by atoms with Crippen molar-refractivity contribution in [1.82, 2.24) is 5.32 Å². The number of benzene rings is 1. The van der Waals surface area contributed by atoms with Crippen LogP contribution in [0.15, 0.2) is 24.3 Å². The third-order valence-corrected chi connectivity index (χ3v) is 3.41. The number of hydrogen-bond donors (Lipinski definition) is 2. The number of hydrogen-bond acceptors (Lipinski definition) is 3. The summed E-state index contributed by atoms with van der Waals surface area (Å²) in [5.41, 5.74) is 7.62. The average Bonchev–Trinajstić information content (AvgIpc) is 2.37. The predicted molar refractivity (Wildman–Crippen MR) is 89.7 cm³/mol. The molecule has 0 fully saturated rings. The molecule has 0 aromatic heterocycles. The zero-order valence-corrected chi connectivity index (χ0v) is 14.1. The minimum Gasteiger partial charge on any atom is -0.399 e. The Balaban J connectivity index is 0.00000400. The lowest BCUT2D eigenvalue weighted by Crippen LogP contribution is -2.40. The molecule has 0 spiro atoms. The molecule has 0 bridgehead atoms. The van der Waals surface area contributed by atoms with Crippen LogP contribution in [0.25, 0.3) is 0 Å². The number of halogens is 1. The van der Waals surface area contributed by atoms with E-state index in [-0.39, 0.29) is 29.8 Å². The van der Waals surface area contributed by atoms with Crippen LogP contribution in [-0.2, 0) is 16.0 Å². The van der Waals surface area contributed by atoms with E-state index in [0.717, 1.165) is 11.3 Å². The molecule has 120 valence electrons. The number of carbonyl (C=O) groups excluding carboxylic acids is 1. The molecule has 1 atom stereocenters. The highest BCUT2D eigenvalue weighted by atomic mass is 35.5. The number of nitrogens with two attached hydrogens (primary N) is 1. The fraction of sp³-hybridized carbons (Fsp3) is 0.562. The highest BCUT2D eigenvalue weighted by Crippen LogP contribution is 2.21. The number of anilines is 1. The number of ether oxygens (including phenoxy) is 1. The van der Waals surface area contributed by atoms with E-state index >= 15 is 0 Å². The number of nitrogens with one attached hydrogen (secondary N) is 1. The molecule has 1 unspecified atom stereocenters. The lowest BCUT2D eigenvalue weighted by Gasteiger charge is -2.29. The molecule has 1 aromatic carbocycles. The fourth-order valence-corrected chi connectivity index (χ4v) is 2.05. The predicted octanol–water partition coefficient (Wildman–Crippen LogP) is 2.80. The third kappa shape index (κ3) is 6.82. The zero-order valence-electron chi connectivity index (χ0n) is 13.3. The van der Waals surface area contributed by atoms with Gasteiger partial charge in [0.2, 0.25) is 5.91 Å². The Morgan fingerprint density at radius 1 is 1.33 bits per heavy atom. The fourth-order valence-electron chi connectivity index (χ4n) is 2.05. The first-order valence-corrected chi connectivity index (χ1v) is 6.97. The minimum absolute atomic E-state index is 0. The van der Waals surface area contributed by atoms with E-state index in [2.05, 4.69) is 26.1 Å². The van der Waals surface area contributed by atoms with Gasteiger partial charge in [-0.15, -0.1) is 12.4 Å². The first kappa shape index (κ1) is 19.7. The van der Waals surface area contributed by atoms with Crippen LogP contribution in [0.3, 0.4) is 0 Å². The Bertz CT molecular complexity index is 444. The maximum atomic E-state index is 11.9. The number of aryl methyl sites for hydroxylation is 1. The molecule has 4 nitrogen and oxygen atoms in total. The standard InChI is InChI=1S/C16H26N2O2.ClH/c1-16(2,3)14(20-4)11-18-15(19)10-9-12-7-5-6-8-13(12)17;/h5-8,14H,9-11,17H2,1-4H3,(H,18,19);1H. The van der Waals surface area contributed by atoms with Gasteiger partial charge >= 0.3 is 0 Å². The quantitative estimate of drug-likeness (QED) is 0.794. The normalized spacial score (nSPS) is 12.4.